The molecule has 3 aliphatic heterocycles. The fourth-order valence-corrected chi connectivity index (χ4v) is 9.90. The molecule has 0 unspecified atom stereocenters. The van der Waals surface area contributed by atoms with E-state index >= 15 is 4.39 Å². The predicted molar refractivity (Wildman–Crippen MR) is 239 cm³/mol. The first-order valence-corrected chi connectivity index (χ1v) is 22.7. The van der Waals surface area contributed by atoms with E-state index in [4.69, 9.17) is 33.3 Å². The minimum absolute atomic E-state index is 0.0376. The van der Waals surface area contributed by atoms with Crippen LogP contribution in [-0.2, 0) is 42.8 Å². The number of alkyl halides is 1. The maximum absolute atomic E-state index is 16.8. The van der Waals surface area contributed by atoms with Gasteiger partial charge in [0.05, 0.1) is 29.0 Å². The molecule has 1 saturated carbocycles. The van der Waals surface area contributed by atoms with Gasteiger partial charge in [-0.25, -0.2) is 14.0 Å². The minimum Gasteiger partial charge on any atom is -0.455 e. The van der Waals surface area contributed by atoms with Gasteiger partial charge < -0.3 is 53.1 Å². The van der Waals surface area contributed by atoms with E-state index in [9.17, 15) is 29.1 Å². The number of aliphatic hydroxyl groups excluding tert-OH is 1. The van der Waals surface area contributed by atoms with Crippen LogP contribution in [-0.4, -0.2) is 139 Å². The highest BCUT2D eigenvalue weighted by atomic mass is 19.1. The first-order valence-electron chi connectivity index (χ1n) is 22.7. The van der Waals surface area contributed by atoms with Crippen LogP contribution < -0.4 is 10.7 Å². The molecule has 13 atom stereocenters. The quantitative estimate of drug-likeness (QED) is 0.114. The summed E-state index contributed by atoms with van der Waals surface area (Å²) < 4.78 is 55.0. The van der Waals surface area contributed by atoms with Crippen LogP contribution in [0, 0.1) is 29.6 Å². The molecule has 3 saturated heterocycles. The zero-order chi connectivity index (χ0) is 48.6. The standard InChI is InChI=1S/C48H65FN4O13/c1-13-35-48(8)41(65-45(59)66-48)27(4)36(51-61-20-14-15-29-16-19-33-31(22-29)37(54)32(42(57)50-9)24-53(33)30-17-18-30)25(2)23-46(6,60-12)40(28(5)39(56)47(7,49)44(58)63-35)64-43-38(55)34(52(10)11)21-26(3)62-43/h16,19,22,24-28,30,34-35,38,40-41,43,55H,13,17-18,20-21,23H2,1-12H3,(H,50,57)/b51-36+/t25-,26-,27+,28+,34+,35-,38-,40-,41-,43+,46-,47+,48-/m1/s1. The van der Waals surface area contributed by atoms with Gasteiger partial charge >= 0.3 is 12.1 Å². The number of methoxy groups -OCH3 is 1. The summed E-state index contributed by atoms with van der Waals surface area (Å²) in [5.41, 5.74) is -5.16. The number of pyridine rings is 1. The molecule has 18 heteroatoms. The Morgan fingerprint density at radius 3 is 2.39 bits per heavy atom. The van der Waals surface area contributed by atoms with Gasteiger partial charge in [0.25, 0.3) is 11.6 Å². The molecule has 0 bridgehead atoms. The Labute approximate surface area is 384 Å². The molecule has 66 heavy (non-hydrogen) atoms. The molecule has 6 rings (SSSR count). The summed E-state index contributed by atoms with van der Waals surface area (Å²) in [7, 11) is 6.51. The van der Waals surface area contributed by atoms with Crippen molar-refractivity contribution in [3.63, 3.8) is 0 Å². The van der Waals surface area contributed by atoms with Crippen LogP contribution in [0.15, 0.2) is 34.3 Å². The van der Waals surface area contributed by atoms with Gasteiger partial charge in [-0.1, -0.05) is 44.7 Å². The van der Waals surface area contributed by atoms with Crippen LogP contribution in [0.4, 0.5) is 9.18 Å². The number of rotatable bonds is 9. The number of carbonyl (C=O) groups excluding carboxylic acids is 4. The van der Waals surface area contributed by atoms with E-state index in [0.29, 0.717) is 28.6 Å². The molecule has 0 spiro atoms. The molecular weight excluding hydrogens is 860 g/mol. The van der Waals surface area contributed by atoms with Crippen LogP contribution in [0.25, 0.3) is 10.9 Å². The average Bonchev–Trinajstić information content (AvgIpc) is 4.07. The van der Waals surface area contributed by atoms with Gasteiger partial charge in [0.15, 0.2) is 30.4 Å². The smallest absolute Gasteiger partial charge is 0.455 e. The molecule has 17 nitrogen and oxygen atoms in total. The summed E-state index contributed by atoms with van der Waals surface area (Å²) >= 11 is 0. The monoisotopic (exact) mass is 924 g/mol. The van der Waals surface area contributed by atoms with Crippen molar-refractivity contribution in [2.75, 3.05) is 34.9 Å². The third-order valence-corrected chi connectivity index (χ3v) is 13.8. The number of aromatic nitrogens is 1. The minimum atomic E-state index is -3.20. The zero-order valence-corrected chi connectivity index (χ0v) is 40.0. The highest BCUT2D eigenvalue weighted by Gasteiger charge is 2.60. The second-order valence-corrected chi connectivity index (χ2v) is 19.0. The summed E-state index contributed by atoms with van der Waals surface area (Å²) in [5, 5.41) is 19.0. The first kappa shape index (κ1) is 50.5. The highest BCUT2D eigenvalue weighted by molar-refractivity contribution is 6.08. The van der Waals surface area contributed by atoms with Crippen molar-refractivity contribution in [1.82, 2.24) is 14.8 Å². The number of cyclic esters (lactones) is 1. The number of aliphatic hydroxyl groups is 1. The second-order valence-electron chi connectivity index (χ2n) is 19.0. The number of Topliss-reactive ketones (excluding diaryl/α,β-unsaturated/α-hetero) is 1. The van der Waals surface area contributed by atoms with Gasteiger partial charge in [0.2, 0.25) is 5.43 Å². The number of carbonyl (C=O) groups is 4. The van der Waals surface area contributed by atoms with Crippen LogP contribution >= 0.6 is 0 Å². The first-order chi connectivity index (χ1) is 31.0. The average molecular weight is 925 g/mol. The maximum Gasteiger partial charge on any atom is 0.509 e. The van der Waals surface area contributed by atoms with Gasteiger partial charge in [-0.05, 0) is 92.1 Å². The molecule has 362 valence electrons. The lowest BCUT2D eigenvalue weighted by Crippen LogP contribution is -2.61. The topological polar surface area (TPSA) is 203 Å². The van der Waals surface area contributed by atoms with Crippen molar-refractivity contribution in [1.29, 1.82) is 0 Å². The number of hydrogen-bond acceptors (Lipinski definition) is 15. The molecule has 4 aliphatic rings. The van der Waals surface area contributed by atoms with Gasteiger partial charge in [-0.2, -0.15) is 0 Å². The van der Waals surface area contributed by atoms with Crippen molar-refractivity contribution >= 4 is 40.4 Å². The van der Waals surface area contributed by atoms with Crippen LogP contribution in [0.2, 0.25) is 0 Å². The molecule has 4 fully saturated rings. The number of nitrogens with zero attached hydrogens (tertiary/aromatic N) is 3. The van der Waals surface area contributed by atoms with Crippen molar-refractivity contribution < 1.29 is 61.9 Å². The fourth-order valence-electron chi connectivity index (χ4n) is 9.90. The summed E-state index contributed by atoms with van der Waals surface area (Å²) in [6.07, 6.45) is -3.58. The lowest BCUT2D eigenvalue weighted by molar-refractivity contribution is -0.295. The van der Waals surface area contributed by atoms with Crippen molar-refractivity contribution in [3.05, 3.63) is 45.7 Å². The Kier molecular flexibility index (Phi) is 15.1. The highest BCUT2D eigenvalue weighted by Crippen LogP contribution is 2.43. The molecule has 4 heterocycles. The molecule has 1 aliphatic carbocycles. The van der Waals surface area contributed by atoms with Crippen LogP contribution in [0.5, 0.6) is 0 Å². The van der Waals surface area contributed by atoms with Crippen LogP contribution in [0.3, 0.4) is 0 Å². The number of fused-ring (bicyclic) bond motifs is 2. The van der Waals surface area contributed by atoms with Gasteiger partial charge in [0, 0.05) is 61.1 Å². The Balaban J connectivity index is 1.38. The van der Waals surface area contributed by atoms with Crippen LogP contribution in [0.1, 0.15) is 109 Å². The molecule has 1 amide bonds. The number of amides is 1. The van der Waals surface area contributed by atoms with E-state index in [1.165, 1.54) is 28.0 Å². The number of ether oxygens (including phenoxy) is 6. The lowest BCUT2D eigenvalue weighted by Gasteiger charge is -2.47. The Hall–Kier alpha value is -4.93. The third-order valence-electron chi connectivity index (χ3n) is 13.8. The molecule has 1 aromatic carbocycles. The lowest BCUT2D eigenvalue weighted by atomic mass is 9.73. The Morgan fingerprint density at radius 2 is 1.77 bits per heavy atom. The Bertz CT molecular complexity index is 2340. The molecule has 2 aromatic rings. The number of likely N-dealkylation sites (N-methyl/N-ethyl adjacent to an activating group) is 1. The predicted octanol–water partition coefficient (Wildman–Crippen LogP) is 4.86. The Morgan fingerprint density at radius 1 is 1.08 bits per heavy atom. The number of ketones is 1. The molecule has 1 aromatic heterocycles. The number of nitrogens with one attached hydrogen (secondary N) is 1. The number of esters is 1. The SMILES string of the molecule is CC[C@H]1OC(=O)[C@@](C)(F)C(=O)[C@H](C)[C@@H](O[C@@H]2O[C@H](C)C[C@H](N(C)C)[C@H]2O)[C@](C)(OC)C[C@@H](C)/C(=N\OCC#Cc2ccc3c(c2)c(=O)c(C(=O)NC)cn3C2CC2)[C@H](C)[C@H]2OC(=O)O[C@@]21C. The van der Waals surface area contributed by atoms with Gasteiger partial charge in [0.1, 0.15) is 17.8 Å². The molecule has 2 N–H and O–H groups in total. The third kappa shape index (κ3) is 9.87. The van der Waals surface area contributed by atoms with Gasteiger partial charge in [-0.3, -0.25) is 14.4 Å². The second kappa shape index (κ2) is 19.7. The largest absolute Gasteiger partial charge is 0.509 e. The van der Waals surface area contributed by atoms with Crippen molar-refractivity contribution in [3.8, 4) is 11.8 Å². The maximum atomic E-state index is 16.8. The summed E-state index contributed by atoms with van der Waals surface area (Å²) in [6.45, 7) is 12.3. The fraction of sp³-hybridized carbons (Fsp3) is 0.667. The zero-order valence-electron chi connectivity index (χ0n) is 40.0. The van der Waals surface area contributed by atoms with E-state index in [-0.39, 0.29) is 43.2 Å². The number of oxime groups is 1. The van der Waals surface area contributed by atoms with E-state index in [1.54, 1.807) is 39.1 Å². The molecule has 0 radical (unpaired) electrons. The normalized spacial score (nSPS) is 36.1. The number of halogens is 1. The van der Waals surface area contributed by atoms with E-state index in [0.717, 1.165) is 19.8 Å². The number of hydrogen-bond donors (Lipinski definition) is 2. The van der Waals surface area contributed by atoms with E-state index in [1.807, 2.05) is 43.5 Å². The van der Waals surface area contributed by atoms with E-state index in [2.05, 4.69) is 22.3 Å². The van der Waals surface area contributed by atoms with Gasteiger partial charge in [-0.15, -0.1) is 0 Å². The summed E-state index contributed by atoms with van der Waals surface area (Å²) in [4.78, 5) is 75.0. The van der Waals surface area contributed by atoms with Crippen molar-refractivity contribution in [2.24, 2.45) is 22.9 Å². The molecular formula is C48H65FN4O13. The summed E-state index contributed by atoms with van der Waals surface area (Å²) in [6, 6.07) is 5.05. The van der Waals surface area contributed by atoms with E-state index < -0.39 is 94.6 Å². The summed E-state index contributed by atoms with van der Waals surface area (Å²) in [5.74, 6) is 0.0159. The van der Waals surface area contributed by atoms with Crippen molar-refractivity contribution in [2.45, 2.75) is 153 Å². The number of benzene rings is 1.